The Kier molecular flexibility index (Phi) is 9.12. The van der Waals surface area contributed by atoms with E-state index in [0.717, 1.165) is 0 Å². The van der Waals surface area contributed by atoms with Crippen molar-refractivity contribution in [1.82, 2.24) is 17.7 Å². The summed E-state index contributed by atoms with van der Waals surface area (Å²) in [5.41, 5.74) is 6.59. The van der Waals surface area contributed by atoms with Gasteiger partial charge in [0.1, 0.15) is 9.79 Å². The van der Waals surface area contributed by atoms with Gasteiger partial charge in [-0.05, 0) is 76.4 Å². The second-order valence-electron chi connectivity index (χ2n) is 8.70. The van der Waals surface area contributed by atoms with Crippen molar-refractivity contribution in [3.63, 3.8) is 0 Å². The van der Waals surface area contributed by atoms with E-state index in [4.69, 9.17) is 52.8 Å². The normalized spacial score (nSPS) is 19.3. The van der Waals surface area contributed by atoms with Crippen LogP contribution in [-0.2, 0) is 20.2 Å². The number of halogens is 4. The largest absolute Gasteiger partial charge is 0.396 e. The fraction of sp³-hybridized carbons (Fsp3) is 0.300. The Morgan fingerprint density at radius 2 is 1.18 bits per heavy atom. The maximum Gasteiger partial charge on any atom is 0.297 e. The lowest BCUT2D eigenvalue weighted by atomic mass is 10.1. The number of nitrogens with two attached hydrogens (primary N) is 1. The molecule has 0 bridgehead atoms. The summed E-state index contributed by atoms with van der Waals surface area (Å²) in [5, 5.41) is 0. The van der Waals surface area contributed by atoms with Crippen molar-refractivity contribution in [2.45, 2.75) is 9.79 Å². The zero-order valence-corrected chi connectivity index (χ0v) is 24.6. The highest BCUT2D eigenvalue weighted by Gasteiger charge is 2.28. The summed E-state index contributed by atoms with van der Waals surface area (Å²) in [7, 11) is -9.54. The Morgan fingerprint density at radius 3 is 1.69 bits per heavy atom. The lowest BCUT2D eigenvalue weighted by Crippen LogP contribution is -2.48. The van der Waals surface area contributed by atoms with Crippen LogP contribution in [-0.4, -0.2) is 83.6 Å². The second kappa shape index (κ2) is 11.7. The van der Waals surface area contributed by atoms with E-state index in [1.807, 2.05) is 0 Å². The molecular weight excluding hydrogens is 640 g/mol. The molecule has 4 N–H and O–H groups in total. The molecule has 2 aromatic rings. The van der Waals surface area contributed by atoms with Crippen LogP contribution in [0.3, 0.4) is 0 Å². The molecule has 19 heteroatoms. The van der Waals surface area contributed by atoms with Gasteiger partial charge in [-0.1, -0.05) is 24.3 Å². The molecule has 0 unspecified atom stereocenters. The summed E-state index contributed by atoms with van der Waals surface area (Å²) >= 11 is 24.3. The Bertz CT molecular complexity index is 1480. The average molecular weight is 663 g/mol. The molecule has 2 aromatic carbocycles. The molecule has 0 amide bonds. The second-order valence-corrected chi connectivity index (χ2v) is 13.4. The third-order valence-corrected chi connectivity index (χ3v) is 8.53. The van der Waals surface area contributed by atoms with Gasteiger partial charge in [-0.15, -0.1) is 0 Å². The van der Waals surface area contributed by atoms with Gasteiger partial charge in [0, 0.05) is 5.69 Å². The third kappa shape index (κ3) is 7.19. The predicted octanol–water partition coefficient (Wildman–Crippen LogP) is 3.14. The van der Waals surface area contributed by atoms with E-state index < -0.39 is 30.0 Å². The first-order chi connectivity index (χ1) is 18.1. The van der Waals surface area contributed by atoms with Gasteiger partial charge in [0.15, 0.2) is 0 Å². The van der Waals surface area contributed by atoms with Crippen molar-refractivity contribution in [2.75, 3.05) is 55.5 Å². The number of hydrogen-bond acceptors (Lipinski definition) is 11. The van der Waals surface area contributed by atoms with E-state index in [1.165, 1.54) is 54.1 Å². The number of hydrogen-bond donors (Lipinski definition) is 3. The Hall–Kier alpha value is -1.60. The number of nitrogen functional groups attached to an aromatic ring is 1. The molecule has 0 aromatic heterocycles. The van der Waals surface area contributed by atoms with Crippen LogP contribution < -0.4 is 15.5 Å². The van der Waals surface area contributed by atoms with Crippen LogP contribution >= 0.6 is 47.1 Å². The molecule has 4 rings (SSSR count). The van der Waals surface area contributed by atoms with Crippen molar-refractivity contribution in [3.05, 3.63) is 41.5 Å². The molecule has 39 heavy (non-hydrogen) atoms. The summed E-state index contributed by atoms with van der Waals surface area (Å²) in [4.78, 5) is 2.24. The van der Waals surface area contributed by atoms with Crippen molar-refractivity contribution >= 4 is 96.6 Å². The smallest absolute Gasteiger partial charge is 0.297 e. The van der Waals surface area contributed by atoms with Crippen LogP contribution in [0.5, 0.6) is 0 Å². The van der Waals surface area contributed by atoms with Crippen molar-refractivity contribution in [3.8, 4) is 0 Å². The first-order valence-corrected chi connectivity index (χ1v) is 15.2. The molecule has 0 aliphatic carbocycles. The van der Waals surface area contributed by atoms with Gasteiger partial charge in [-0.3, -0.25) is 9.11 Å². The van der Waals surface area contributed by atoms with Gasteiger partial charge in [-0.2, -0.15) is 34.5 Å². The zero-order chi connectivity index (χ0) is 28.7. The molecule has 2 aliphatic heterocycles. The van der Waals surface area contributed by atoms with Crippen LogP contribution in [0.15, 0.2) is 40.1 Å². The minimum atomic E-state index is -4.83. The van der Waals surface area contributed by atoms with E-state index in [1.54, 1.807) is 15.9 Å². The standard InChI is InChI=1S/C20H23Cl4N7O6S2/c21-28-8-26(9-29(22)12-28)16-5-3-14(18(7-16)38(32,33)34)1-2-15-4-6-17(19(25)20(15)39(35,36)37)27-10-30(23)13-31(24)11-27/h1-7H,8-13,25H2,(H,32,33,34)(H,35,36,37). The van der Waals surface area contributed by atoms with Gasteiger partial charge in [0.25, 0.3) is 20.2 Å². The van der Waals surface area contributed by atoms with Crippen LogP contribution in [0.4, 0.5) is 17.1 Å². The maximum absolute atomic E-state index is 12.3. The van der Waals surface area contributed by atoms with Crippen molar-refractivity contribution in [2.24, 2.45) is 0 Å². The lowest BCUT2D eigenvalue weighted by Gasteiger charge is -2.37. The number of benzene rings is 2. The fourth-order valence-electron chi connectivity index (χ4n) is 4.22. The van der Waals surface area contributed by atoms with Gasteiger partial charge in [0.2, 0.25) is 0 Å². The molecule has 2 heterocycles. The predicted molar refractivity (Wildman–Crippen MR) is 151 cm³/mol. The molecule has 2 aliphatic rings. The molecular formula is C20H23Cl4N7O6S2. The molecule has 0 atom stereocenters. The van der Waals surface area contributed by atoms with Gasteiger partial charge in [0.05, 0.1) is 51.4 Å². The first-order valence-electron chi connectivity index (χ1n) is 11.0. The summed E-state index contributed by atoms with van der Waals surface area (Å²) in [5.74, 6) is 0. The van der Waals surface area contributed by atoms with Crippen LogP contribution in [0.1, 0.15) is 11.1 Å². The topological polar surface area (TPSA) is 154 Å². The summed E-state index contributed by atoms with van der Waals surface area (Å²) in [6.07, 6.45) is 2.53. The van der Waals surface area contributed by atoms with E-state index in [9.17, 15) is 25.9 Å². The Morgan fingerprint density at radius 1 is 0.692 bits per heavy atom. The maximum atomic E-state index is 12.3. The average Bonchev–Trinajstić information content (AvgIpc) is 2.80. The van der Waals surface area contributed by atoms with Gasteiger partial charge < -0.3 is 15.5 Å². The highest BCUT2D eigenvalue weighted by Crippen LogP contribution is 2.36. The molecule has 2 fully saturated rings. The van der Waals surface area contributed by atoms with E-state index in [-0.39, 0.29) is 62.5 Å². The van der Waals surface area contributed by atoms with E-state index in [0.29, 0.717) is 5.69 Å². The monoisotopic (exact) mass is 661 g/mol. The van der Waals surface area contributed by atoms with Gasteiger partial charge in [-0.25, -0.2) is 0 Å². The molecule has 2 saturated heterocycles. The van der Waals surface area contributed by atoms with Crippen molar-refractivity contribution < 1.29 is 25.9 Å². The van der Waals surface area contributed by atoms with E-state index in [2.05, 4.69) is 0 Å². The highest BCUT2D eigenvalue weighted by molar-refractivity contribution is 7.86. The van der Waals surface area contributed by atoms with Gasteiger partial charge >= 0.3 is 0 Å². The number of anilines is 3. The molecule has 0 radical (unpaired) electrons. The summed E-state index contributed by atoms with van der Waals surface area (Å²) < 4.78 is 74.4. The van der Waals surface area contributed by atoms with Crippen molar-refractivity contribution in [1.29, 1.82) is 0 Å². The molecule has 0 saturated carbocycles. The van der Waals surface area contributed by atoms with E-state index >= 15 is 0 Å². The van der Waals surface area contributed by atoms with Crippen LogP contribution in [0.2, 0.25) is 0 Å². The zero-order valence-electron chi connectivity index (χ0n) is 19.9. The Labute approximate surface area is 246 Å². The Balaban J connectivity index is 1.73. The number of nitrogens with zero attached hydrogens (tertiary/aromatic N) is 6. The van der Waals surface area contributed by atoms with Crippen LogP contribution in [0, 0.1) is 0 Å². The minimum absolute atomic E-state index is 0.0295. The molecule has 214 valence electrons. The molecule has 0 spiro atoms. The highest BCUT2D eigenvalue weighted by atomic mass is 35.5. The fourth-order valence-corrected chi connectivity index (χ4v) is 6.88. The quantitative estimate of drug-likeness (QED) is 0.180. The minimum Gasteiger partial charge on any atom is -0.396 e. The lowest BCUT2D eigenvalue weighted by molar-refractivity contribution is 0.248. The third-order valence-electron chi connectivity index (χ3n) is 5.80. The summed E-state index contributed by atoms with van der Waals surface area (Å²) in [6, 6.07) is 7.15. The number of rotatable bonds is 6. The SMILES string of the molecule is Nc1c(N2CN(Cl)CN(Cl)C2)ccc(C=Cc2ccc(N3CN(Cl)CN(Cl)C3)cc2S(=O)(=O)O)c1S(=O)(=O)O. The molecule has 13 nitrogen and oxygen atoms in total. The van der Waals surface area contributed by atoms with Crippen LogP contribution in [0.25, 0.3) is 12.2 Å². The summed E-state index contributed by atoms with van der Waals surface area (Å²) in [6.45, 7) is 1.31. The first kappa shape index (κ1) is 30.4.